The number of ether oxygens (including phenoxy) is 1. The van der Waals surface area contributed by atoms with Gasteiger partial charge in [0.05, 0.1) is 10.2 Å². The van der Waals surface area contributed by atoms with Gasteiger partial charge in [0, 0.05) is 6.07 Å². The highest BCUT2D eigenvalue weighted by Crippen LogP contribution is 2.23. The highest BCUT2D eigenvalue weighted by molar-refractivity contribution is 9.10. The van der Waals surface area contributed by atoms with Gasteiger partial charge < -0.3 is 10.1 Å². The van der Waals surface area contributed by atoms with Crippen molar-refractivity contribution in [2.45, 2.75) is 0 Å². The van der Waals surface area contributed by atoms with Gasteiger partial charge in [-0.1, -0.05) is 18.2 Å². The Bertz CT molecular complexity index is 620. The number of para-hydroxylation sites is 1. The van der Waals surface area contributed by atoms with Crippen LogP contribution in [0.5, 0.6) is 5.75 Å². The van der Waals surface area contributed by atoms with E-state index in [1.165, 1.54) is 0 Å². The van der Waals surface area contributed by atoms with Gasteiger partial charge in [0.2, 0.25) is 0 Å². The molecule has 0 aliphatic heterocycles. The van der Waals surface area contributed by atoms with Crippen LogP contribution in [-0.4, -0.2) is 12.5 Å². The van der Waals surface area contributed by atoms with Crippen LogP contribution in [0, 0.1) is 11.6 Å². The van der Waals surface area contributed by atoms with Gasteiger partial charge in [-0.15, -0.1) is 0 Å². The first-order chi connectivity index (χ1) is 9.56. The molecule has 2 rings (SSSR count). The van der Waals surface area contributed by atoms with E-state index in [1.807, 2.05) is 6.07 Å². The Labute approximate surface area is 122 Å². The molecule has 6 heteroatoms. The van der Waals surface area contributed by atoms with E-state index in [4.69, 9.17) is 4.74 Å². The third-order valence-corrected chi connectivity index (χ3v) is 3.00. The second-order valence-corrected chi connectivity index (χ2v) is 4.75. The first-order valence-electron chi connectivity index (χ1n) is 5.68. The lowest BCUT2D eigenvalue weighted by atomic mass is 10.3. The predicted molar refractivity (Wildman–Crippen MR) is 74.6 cm³/mol. The first kappa shape index (κ1) is 14.5. The maximum Gasteiger partial charge on any atom is 0.262 e. The summed E-state index contributed by atoms with van der Waals surface area (Å²) in [7, 11) is 0. The second-order valence-electron chi connectivity index (χ2n) is 3.90. The largest absolute Gasteiger partial charge is 0.484 e. The van der Waals surface area contributed by atoms with Crippen LogP contribution in [0.25, 0.3) is 0 Å². The number of amides is 1. The van der Waals surface area contributed by atoms with Crippen molar-refractivity contribution in [3.05, 3.63) is 58.6 Å². The summed E-state index contributed by atoms with van der Waals surface area (Å²) < 4.78 is 32.0. The minimum atomic E-state index is -0.730. The minimum absolute atomic E-state index is 0.00599. The maximum atomic E-state index is 13.5. The molecule has 3 nitrogen and oxygen atoms in total. The topological polar surface area (TPSA) is 38.3 Å². The Balaban J connectivity index is 1.97. The summed E-state index contributed by atoms with van der Waals surface area (Å²) >= 11 is 2.86. The van der Waals surface area contributed by atoms with Crippen molar-refractivity contribution >= 4 is 27.5 Å². The van der Waals surface area contributed by atoms with Crippen LogP contribution in [0.15, 0.2) is 46.9 Å². The molecule has 0 bridgehead atoms. The normalized spacial score (nSPS) is 10.2. The van der Waals surface area contributed by atoms with Crippen molar-refractivity contribution < 1.29 is 18.3 Å². The Morgan fingerprint density at radius 1 is 1.15 bits per heavy atom. The summed E-state index contributed by atoms with van der Waals surface area (Å²) in [5.41, 5.74) is -0.229. The molecule has 20 heavy (non-hydrogen) atoms. The quantitative estimate of drug-likeness (QED) is 0.860. The van der Waals surface area contributed by atoms with Gasteiger partial charge in [-0.05, 0) is 34.1 Å². The molecule has 0 aliphatic rings. The average molecular weight is 342 g/mol. The van der Waals surface area contributed by atoms with Crippen LogP contribution in [0.4, 0.5) is 14.5 Å². The van der Waals surface area contributed by atoms with E-state index in [2.05, 4.69) is 21.2 Å². The van der Waals surface area contributed by atoms with Crippen LogP contribution >= 0.6 is 15.9 Å². The van der Waals surface area contributed by atoms with Crippen molar-refractivity contribution in [3.63, 3.8) is 0 Å². The lowest BCUT2D eigenvalue weighted by Gasteiger charge is -2.08. The Morgan fingerprint density at radius 3 is 2.55 bits per heavy atom. The second kappa shape index (κ2) is 6.47. The third kappa shape index (κ3) is 3.77. The molecule has 0 saturated heterocycles. The van der Waals surface area contributed by atoms with Crippen LogP contribution in [-0.2, 0) is 4.79 Å². The predicted octanol–water partition coefficient (Wildman–Crippen LogP) is 3.74. The lowest BCUT2D eigenvalue weighted by molar-refractivity contribution is -0.118. The first-order valence-corrected chi connectivity index (χ1v) is 6.48. The molecule has 0 saturated carbocycles. The summed E-state index contributed by atoms with van der Waals surface area (Å²) in [4.78, 5) is 11.6. The van der Waals surface area contributed by atoms with Crippen LogP contribution in [0.2, 0.25) is 0 Å². The van der Waals surface area contributed by atoms with E-state index in [0.717, 1.165) is 12.1 Å². The van der Waals surface area contributed by atoms with E-state index < -0.39 is 17.5 Å². The van der Waals surface area contributed by atoms with Crippen molar-refractivity contribution in [2.24, 2.45) is 0 Å². The molecule has 0 atom stereocenters. The smallest absolute Gasteiger partial charge is 0.262 e. The number of hydrogen-bond acceptors (Lipinski definition) is 2. The SMILES string of the molecule is O=C(COc1ccccc1)Nc1cc(F)c(Br)cc1F. The number of hydrogen-bond donors (Lipinski definition) is 1. The Morgan fingerprint density at radius 2 is 1.85 bits per heavy atom. The molecule has 0 heterocycles. The summed E-state index contributed by atoms with van der Waals surface area (Å²) in [6.45, 7) is -0.291. The van der Waals surface area contributed by atoms with Gasteiger partial charge in [0.1, 0.15) is 17.4 Å². The van der Waals surface area contributed by atoms with Gasteiger partial charge >= 0.3 is 0 Å². The molecule has 0 aliphatic carbocycles. The Kier molecular flexibility index (Phi) is 4.68. The number of benzene rings is 2. The van der Waals surface area contributed by atoms with Crippen LogP contribution in [0.1, 0.15) is 0 Å². The fraction of sp³-hybridized carbons (Fsp3) is 0.0714. The van der Waals surface area contributed by atoms with Gasteiger partial charge in [0.25, 0.3) is 5.91 Å². The zero-order valence-electron chi connectivity index (χ0n) is 10.2. The van der Waals surface area contributed by atoms with Crippen LogP contribution in [0.3, 0.4) is 0 Å². The zero-order valence-corrected chi connectivity index (χ0v) is 11.8. The zero-order chi connectivity index (χ0) is 14.5. The summed E-state index contributed by atoms with van der Waals surface area (Å²) in [5.74, 6) is -1.45. The van der Waals surface area contributed by atoms with Crippen molar-refractivity contribution in [1.29, 1.82) is 0 Å². The van der Waals surface area contributed by atoms with Gasteiger partial charge in [-0.2, -0.15) is 0 Å². The molecular formula is C14H10BrF2NO2. The number of carbonyl (C=O) groups is 1. The maximum absolute atomic E-state index is 13.5. The van der Waals surface area contributed by atoms with Crippen molar-refractivity contribution in [3.8, 4) is 5.75 Å². The van der Waals surface area contributed by atoms with E-state index in [9.17, 15) is 13.6 Å². The molecule has 0 aromatic heterocycles. The van der Waals surface area contributed by atoms with E-state index in [0.29, 0.717) is 5.75 Å². The van der Waals surface area contributed by atoms with E-state index in [-0.39, 0.29) is 16.8 Å². The Hall–Kier alpha value is -1.95. The molecule has 0 radical (unpaired) electrons. The van der Waals surface area contributed by atoms with Crippen molar-refractivity contribution in [2.75, 3.05) is 11.9 Å². The molecule has 104 valence electrons. The van der Waals surface area contributed by atoms with E-state index in [1.54, 1.807) is 24.3 Å². The standard InChI is InChI=1S/C14H10BrF2NO2/c15-10-6-12(17)13(7-11(10)16)18-14(19)8-20-9-4-2-1-3-5-9/h1-7H,8H2,(H,18,19). The highest BCUT2D eigenvalue weighted by Gasteiger charge is 2.11. The van der Waals surface area contributed by atoms with Gasteiger partial charge in [-0.3, -0.25) is 4.79 Å². The number of halogens is 3. The number of carbonyl (C=O) groups excluding carboxylic acids is 1. The van der Waals surface area contributed by atoms with Crippen LogP contribution < -0.4 is 10.1 Å². The molecular weight excluding hydrogens is 332 g/mol. The molecule has 0 fully saturated rings. The third-order valence-electron chi connectivity index (χ3n) is 2.40. The summed E-state index contributed by atoms with van der Waals surface area (Å²) in [6, 6.07) is 10.6. The van der Waals surface area contributed by atoms with E-state index >= 15 is 0 Å². The minimum Gasteiger partial charge on any atom is -0.484 e. The van der Waals surface area contributed by atoms with Crippen molar-refractivity contribution in [1.82, 2.24) is 0 Å². The number of rotatable bonds is 4. The summed E-state index contributed by atoms with van der Waals surface area (Å²) in [6.07, 6.45) is 0. The fourth-order valence-electron chi connectivity index (χ4n) is 1.47. The molecule has 0 spiro atoms. The fourth-order valence-corrected chi connectivity index (χ4v) is 1.79. The molecule has 2 aromatic rings. The highest BCUT2D eigenvalue weighted by atomic mass is 79.9. The monoisotopic (exact) mass is 341 g/mol. The average Bonchev–Trinajstić information content (AvgIpc) is 2.44. The lowest BCUT2D eigenvalue weighted by Crippen LogP contribution is -2.20. The molecule has 1 amide bonds. The number of anilines is 1. The number of nitrogens with one attached hydrogen (secondary N) is 1. The molecule has 1 N–H and O–H groups in total. The van der Waals surface area contributed by atoms with Gasteiger partial charge in [0.15, 0.2) is 6.61 Å². The summed E-state index contributed by atoms with van der Waals surface area (Å²) in [5, 5.41) is 2.25. The molecule has 0 unspecified atom stereocenters. The van der Waals surface area contributed by atoms with Gasteiger partial charge in [-0.25, -0.2) is 8.78 Å². The molecule has 2 aromatic carbocycles.